The number of rotatable bonds is 6. The van der Waals surface area contributed by atoms with Crippen molar-refractivity contribution in [1.29, 1.82) is 0 Å². The molecule has 8 heteroatoms. The predicted molar refractivity (Wildman–Crippen MR) is 107 cm³/mol. The van der Waals surface area contributed by atoms with E-state index in [0.29, 0.717) is 39.8 Å². The summed E-state index contributed by atoms with van der Waals surface area (Å²) >= 11 is 0. The lowest BCUT2D eigenvalue weighted by Gasteiger charge is -2.20. The molecule has 4 rings (SSSR count). The summed E-state index contributed by atoms with van der Waals surface area (Å²) in [7, 11) is 6.11. The third-order valence-electron chi connectivity index (χ3n) is 5.22. The van der Waals surface area contributed by atoms with Crippen LogP contribution in [0.2, 0.25) is 0 Å². The molecule has 0 aromatic heterocycles. The van der Waals surface area contributed by atoms with Crippen LogP contribution >= 0.6 is 0 Å². The average Bonchev–Trinajstić information content (AvgIpc) is 3.24. The Morgan fingerprint density at radius 1 is 0.833 bits per heavy atom. The minimum absolute atomic E-state index is 0.0778. The van der Waals surface area contributed by atoms with Crippen LogP contribution in [0.4, 0.5) is 5.69 Å². The van der Waals surface area contributed by atoms with Gasteiger partial charge in [-0.1, -0.05) is 6.07 Å². The van der Waals surface area contributed by atoms with E-state index < -0.39 is 11.9 Å². The largest absolute Gasteiger partial charge is 0.493 e. The van der Waals surface area contributed by atoms with Crippen molar-refractivity contribution >= 4 is 17.6 Å². The SMILES string of the molecule is COc1ccc(C2C(=O)OC3=C2CC(=O)N3c2ccc(OC)c(OC)c2)cc1OC. The molecule has 8 nitrogen and oxygen atoms in total. The monoisotopic (exact) mass is 411 g/mol. The molecule has 156 valence electrons. The summed E-state index contributed by atoms with van der Waals surface area (Å²) < 4.78 is 26.7. The van der Waals surface area contributed by atoms with Gasteiger partial charge in [-0.05, 0) is 29.8 Å². The highest BCUT2D eigenvalue weighted by Gasteiger charge is 2.47. The zero-order valence-corrected chi connectivity index (χ0v) is 17.1. The van der Waals surface area contributed by atoms with Crippen molar-refractivity contribution in [2.24, 2.45) is 0 Å². The summed E-state index contributed by atoms with van der Waals surface area (Å²) in [6, 6.07) is 10.3. The lowest BCUT2D eigenvalue weighted by Crippen LogP contribution is -2.27. The smallest absolute Gasteiger partial charge is 0.324 e. The maximum atomic E-state index is 12.8. The second-order valence-corrected chi connectivity index (χ2v) is 6.74. The van der Waals surface area contributed by atoms with Crippen molar-refractivity contribution in [1.82, 2.24) is 0 Å². The summed E-state index contributed by atoms with van der Waals surface area (Å²) in [4.78, 5) is 27.0. The van der Waals surface area contributed by atoms with E-state index in [1.54, 1.807) is 43.5 Å². The Balaban J connectivity index is 1.74. The molecule has 0 saturated carbocycles. The number of benzene rings is 2. The Morgan fingerprint density at radius 3 is 2.07 bits per heavy atom. The third kappa shape index (κ3) is 3.01. The van der Waals surface area contributed by atoms with E-state index in [-0.39, 0.29) is 18.2 Å². The fourth-order valence-corrected chi connectivity index (χ4v) is 3.80. The Morgan fingerprint density at radius 2 is 1.43 bits per heavy atom. The number of ether oxygens (including phenoxy) is 5. The van der Waals surface area contributed by atoms with Crippen LogP contribution in [0.25, 0.3) is 0 Å². The number of methoxy groups -OCH3 is 4. The molecule has 30 heavy (non-hydrogen) atoms. The molecule has 0 fully saturated rings. The number of hydrogen-bond donors (Lipinski definition) is 0. The van der Waals surface area contributed by atoms with Crippen molar-refractivity contribution in [2.45, 2.75) is 12.3 Å². The van der Waals surface area contributed by atoms with Crippen molar-refractivity contribution in [3.63, 3.8) is 0 Å². The molecule has 0 aliphatic carbocycles. The second-order valence-electron chi connectivity index (χ2n) is 6.74. The van der Waals surface area contributed by atoms with Gasteiger partial charge < -0.3 is 23.7 Å². The first-order valence-electron chi connectivity index (χ1n) is 9.24. The summed E-state index contributed by atoms with van der Waals surface area (Å²) in [6.45, 7) is 0. The van der Waals surface area contributed by atoms with Crippen molar-refractivity contribution < 1.29 is 33.3 Å². The standard InChI is InChI=1S/C22H21NO7/c1-26-15-7-5-12(9-17(15)28-3)20-14-11-19(24)23(21(14)30-22(20)25)13-6-8-16(27-2)18(10-13)29-4/h5-10,20H,11H2,1-4H3. The minimum atomic E-state index is -0.686. The Labute approximate surface area is 173 Å². The van der Waals surface area contributed by atoms with Crippen LogP contribution in [0.5, 0.6) is 23.0 Å². The topological polar surface area (TPSA) is 83.5 Å². The van der Waals surface area contributed by atoms with E-state index in [9.17, 15) is 9.59 Å². The summed E-state index contributed by atoms with van der Waals surface area (Å²) in [5.41, 5.74) is 1.82. The number of amides is 1. The van der Waals surface area contributed by atoms with Gasteiger partial charge in [0.25, 0.3) is 0 Å². The summed E-state index contributed by atoms with van der Waals surface area (Å²) in [5.74, 6) is 0.988. The number of carbonyl (C=O) groups is 2. The zero-order chi connectivity index (χ0) is 21.4. The van der Waals surface area contributed by atoms with E-state index in [1.807, 2.05) is 0 Å². The van der Waals surface area contributed by atoms with Crippen molar-refractivity contribution in [2.75, 3.05) is 33.3 Å². The molecule has 0 bridgehead atoms. The fourth-order valence-electron chi connectivity index (χ4n) is 3.80. The molecule has 1 amide bonds. The first-order valence-corrected chi connectivity index (χ1v) is 9.24. The van der Waals surface area contributed by atoms with Gasteiger partial charge in [-0.2, -0.15) is 0 Å². The van der Waals surface area contributed by atoms with Crippen molar-refractivity contribution in [3.05, 3.63) is 53.4 Å². The van der Waals surface area contributed by atoms with Gasteiger partial charge in [0.1, 0.15) is 5.92 Å². The quantitative estimate of drug-likeness (QED) is 0.676. The molecule has 2 aromatic rings. The van der Waals surface area contributed by atoms with E-state index in [2.05, 4.69) is 0 Å². The van der Waals surface area contributed by atoms with Crippen LogP contribution in [-0.4, -0.2) is 40.3 Å². The number of anilines is 1. The predicted octanol–water partition coefficient (Wildman–Crippen LogP) is 3.01. The first kappa shape index (κ1) is 19.6. The molecule has 2 aliphatic rings. The summed E-state index contributed by atoms with van der Waals surface area (Å²) in [5, 5.41) is 0. The van der Waals surface area contributed by atoms with Crippen LogP contribution in [0, 0.1) is 0 Å². The van der Waals surface area contributed by atoms with E-state index in [1.165, 1.54) is 26.2 Å². The molecule has 1 atom stereocenters. The van der Waals surface area contributed by atoms with Gasteiger partial charge in [0, 0.05) is 11.6 Å². The van der Waals surface area contributed by atoms with Gasteiger partial charge in [0.15, 0.2) is 23.0 Å². The van der Waals surface area contributed by atoms with Gasteiger partial charge in [-0.15, -0.1) is 0 Å². The number of carbonyl (C=O) groups excluding carboxylic acids is 2. The van der Waals surface area contributed by atoms with Gasteiger partial charge in [-0.3, -0.25) is 14.5 Å². The van der Waals surface area contributed by atoms with Gasteiger partial charge in [0.05, 0.1) is 40.5 Å². The lowest BCUT2D eigenvalue weighted by molar-refractivity contribution is -0.138. The third-order valence-corrected chi connectivity index (χ3v) is 5.22. The Hall–Kier alpha value is -3.68. The van der Waals surface area contributed by atoms with E-state index in [4.69, 9.17) is 23.7 Å². The minimum Gasteiger partial charge on any atom is -0.493 e. The van der Waals surface area contributed by atoms with Crippen LogP contribution in [0.1, 0.15) is 17.9 Å². The molecule has 0 N–H and O–H groups in total. The van der Waals surface area contributed by atoms with E-state index >= 15 is 0 Å². The molecular formula is C22H21NO7. The van der Waals surface area contributed by atoms with Gasteiger partial charge >= 0.3 is 5.97 Å². The highest BCUT2D eigenvalue weighted by Crippen LogP contribution is 2.46. The van der Waals surface area contributed by atoms with Gasteiger partial charge in [-0.25, -0.2) is 0 Å². The van der Waals surface area contributed by atoms with Gasteiger partial charge in [0.2, 0.25) is 11.8 Å². The van der Waals surface area contributed by atoms with Crippen LogP contribution in [0.3, 0.4) is 0 Å². The maximum Gasteiger partial charge on any atom is 0.324 e. The van der Waals surface area contributed by atoms with Crippen LogP contribution in [0.15, 0.2) is 47.9 Å². The molecular weight excluding hydrogens is 390 g/mol. The lowest BCUT2D eigenvalue weighted by atomic mass is 9.91. The van der Waals surface area contributed by atoms with Crippen LogP contribution < -0.4 is 23.8 Å². The Bertz CT molecular complexity index is 976. The highest BCUT2D eigenvalue weighted by molar-refractivity contribution is 6.05. The molecule has 0 spiro atoms. The summed E-state index contributed by atoms with van der Waals surface area (Å²) in [6.07, 6.45) is 0.0778. The molecule has 0 radical (unpaired) electrons. The fraction of sp³-hybridized carbons (Fsp3) is 0.273. The van der Waals surface area contributed by atoms with Crippen molar-refractivity contribution in [3.8, 4) is 23.0 Å². The normalized spacial score (nSPS) is 17.7. The molecule has 0 saturated heterocycles. The van der Waals surface area contributed by atoms with E-state index in [0.717, 1.165) is 0 Å². The second kappa shape index (κ2) is 7.62. The number of hydrogen-bond acceptors (Lipinski definition) is 7. The molecule has 2 aliphatic heterocycles. The molecule has 1 unspecified atom stereocenters. The zero-order valence-electron chi connectivity index (χ0n) is 17.1. The molecule has 2 aromatic carbocycles. The highest BCUT2D eigenvalue weighted by atomic mass is 16.6. The first-order chi connectivity index (χ1) is 14.5. The number of nitrogens with zero attached hydrogens (tertiary/aromatic N) is 1. The average molecular weight is 411 g/mol. The Kier molecular flexibility index (Phi) is 4.99. The number of esters is 1. The molecule has 2 heterocycles. The maximum absolute atomic E-state index is 12.8. The van der Waals surface area contributed by atoms with Crippen LogP contribution in [-0.2, 0) is 14.3 Å².